The molecule has 8 aromatic rings. The van der Waals surface area contributed by atoms with E-state index in [1.807, 2.05) is 0 Å². The van der Waals surface area contributed by atoms with Crippen molar-refractivity contribution in [3.63, 3.8) is 0 Å². The summed E-state index contributed by atoms with van der Waals surface area (Å²) in [4.78, 5) is 2.45. The molecule has 2 saturated carbocycles. The lowest BCUT2D eigenvalue weighted by Gasteiger charge is -2.28. The van der Waals surface area contributed by atoms with Crippen LogP contribution in [0, 0.1) is 0 Å². The summed E-state index contributed by atoms with van der Waals surface area (Å²) >= 11 is 0. The van der Waals surface area contributed by atoms with E-state index < -0.39 is 0 Å². The molecular formula is C58H47N. The maximum absolute atomic E-state index is 2.53. The van der Waals surface area contributed by atoms with Crippen molar-refractivity contribution in [2.24, 2.45) is 0 Å². The molecule has 2 fully saturated rings. The molecule has 8 aromatic carbocycles. The SMILES string of the molecule is c1ccc(-c2ccc(N(c3cccc(-c4ccc5c(c4)C4(CCCC4)c4ccccc4-5)c3)c3cccc(-c4ccc5c(c4)C4(CCCC4)c4ccccc4-5)c3)cc2)cc1. The van der Waals surface area contributed by atoms with Crippen LogP contribution in [0.15, 0.2) is 188 Å². The monoisotopic (exact) mass is 757 g/mol. The summed E-state index contributed by atoms with van der Waals surface area (Å²) in [6.45, 7) is 0. The predicted octanol–water partition coefficient (Wildman–Crippen LogP) is 15.8. The number of hydrogen-bond donors (Lipinski definition) is 0. The molecule has 0 bridgehead atoms. The van der Waals surface area contributed by atoms with Gasteiger partial charge in [0.2, 0.25) is 0 Å². The molecule has 4 aliphatic carbocycles. The number of benzene rings is 8. The highest BCUT2D eigenvalue weighted by Crippen LogP contribution is 2.59. The van der Waals surface area contributed by atoms with E-state index in [1.165, 1.54) is 129 Å². The Morgan fingerprint density at radius 3 is 1.17 bits per heavy atom. The molecule has 2 spiro atoms. The minimum atomic E-state index is 0.143. The van der Waals surface area contributed by atoms with Gasteiger partial charge in [0, 0.05) is 27.9 Å². The minimum absolute atomic E-state index is 0.143. The number of fused-ring (bicyclic) bond motifs is 10. The van der Waals surface area contributed by atoms with E-state index in [1.54, 1.807) is 0 Å². The zero-order valence-corrected chi connectivity index (χ0v) is 33.5. The molecule has 12 rings (SSSR count). The molecule has 0 heterocycles. The summed E-state index contributed by atoms with van der Waals surface area (Å²) in [6.07, 6.45) is 10.1. The van der Waals surface area contributed by atoms with Gasteiger partial charge in [-0.2, -0.15) is 0 Å². The molecule has 0 unspecified atom stereocenters. The molecular weight excluding hydrogens is 711 g/mol. The van der Waals surface area contributed by atoms with Crippen molar-refractivity contribution in [3.8, 4) is 55.6 Å². The van der Waals surface area contributed by atoms with Crippen LogP contribution in [0.25, 0.3) is 55.6 Å². The van der Waals surface area contributed by atoms with E-state index in [4.69, 9.17) is 0 Å². The third-order valence-corrected chi connectivity index (χ3v) is 14.6. The summed E-state index contributed by atoms with van der Waals surface area (Å²) in [5.74, 6) is 0. The molecule has 284 valence electrons. The average Bonchev–Trinajstić information content (AvgIpc) is 4.11. The lowest BCUT2D eigenvalue weighted by Crippen LogP contribution is -2.20. The molecule has 0 radical (unpaired) electrons. The van der Waals surface area contributed by atoms with Crippen molar-refractivity contribution >= 4 is 17.1 Å². The van der Waals surface area contributed by atoms with E-state index in [0.717, 1.165) is 17.1 Å². The van der Waals surface area contributed by atoms with Gasteiger partial charge in [-0.3, -0.25) is 0 Å². The van der Waals surface area contributed by atoms with Gasteiger partial charge in [-0.25, -0.2) is 0 Å². The maximum atomic E-state index is 2.53. The highest BCUT2D eigenvalue weighted by molar-refractivity contribution is 5.88. The van der Waals surface area contributed by atoms with Crippen LogP contribution in [0.2, 0.25) is 0 Å². The Bertz CT molecular complexity index is 2730. The number of rotatable bonds is 6. The zero-order valence-electron chi connectivity index (χ0n) is 33.5. The molecule has 59 heavy (non-hydrogen) atoms. The van der Waals surface area contributed by atoms with Crippen LogP contribution in [-0.4, -0.2) is 0 Å². The first-order chi connectivity index (χ1) is 29.2. The molecule has 0 amide bonds. The van der Waals surface area contributed by atoms with Crippen LogP contribution in [0.3, 0.4) is 0 Å². The molecule has 0 aliphatic heterocycles. The number of hydrogen-bond acceptors (Lipinski definition) is 1. The summed E-state index contributed by atoms with van der Waals surface area (Å²) in [5.41, 5.74) is 23.1. The summed E-state index contributed by atoms with van der Waals surface area (Å²) in [6, 6.07) is 71.2. The average molecular weight is 758 g/mol. The van der Waals surface area contributed by atoms with E-state index in [9.17, 15) is 0 Å². The topological polar surface area (TPSA) is 3.24 Å². The predicted molar refractivity (Wildman–Crippen MR) is 247 cm³/mol. The second-order valence-electron chi connectivity index (χ2n) is 17.5. The van der Waals surface area contributed by atoms with Crippen LogP contribution in [0.5, 0.6) is 0 Å². The third kappa shape index (κ3) is 5.37. The van der Waals surface area contributed by atoms with Gasteiger partial charge in [0.05, 0.1) is 0 Å². The molecule has 1 heteroatoms. The molecule has 0 saturated heterocycles. The number of anilines is 3. The first kappa shape index (κ1) is 34.6. The smallest absolute Gasteiger partial charge is 0.0467 e. The second-order valence-corrected chi connectivity index (χ2v) is 17.5. The van der Waals surface area contributed by atoms with Crippen LogP contribution in [-0.2, 0) is 10.8 Å². The van der Waals surface area contributed by atoms with Crippen LogP contribution < -0.4 is 4.90 Å². The van der Waals surface area contributed by atoms with E-state index in [2.05, 4.69) is 193 Å². The quantitative estimate of drug-likeness (QED) is 0.163. The van der Waals surface area contributed by atoms with Gasteiger partial charge < -0.3 is 4.90 Å². The molecule has 4 aliphatic rings. The van der Waals surface area contributed by atoms with Gasteiger partial charge in [0.25, 0.3) is 0 Å². The van der Waals surface area contributed by atoms with Crippen molar-refractivity contribution in [2.75, 3.05) is 4.90 Å². The lowest BCUT2D eigenvalue weighted by molar-refractivity contribution is 0.550. The molecule has 0 aromatic heterocycles. The Kier molecular flexibility index (Phi) is 7.95. The summed E-state index contributed by atoms with van der Waals surface area (Å²) < 4.78 is 0. The van der Waals surface area contributed by atoms with Gasteiger partial charge in [-0.1, -0.05) is 165 Å². The number of nitrogens with zero attached hydrogens (tertiary/aromatic N) is 1. The third-order valence-electron chi connectivity index (χ3n) is 14.6. The Balaban J connectivity index is 0.965. The fourth-order valence-corrected chi connectivity index (χ4v) is 11.8. The maximum Gasteiger partial charge on any atom is 0.0467 e. The van der Waals surface area contributed by atoms with Crippen LogP contribution >= 0.6 is 0 Å². The van der Waals surface area contributed by atoms with Gasteiger partial charge >= 0.3 is 0 Å². The van der Waals surface area contributed by atoms with Crippen molar-refractivity contribution in [3.05, 3.63) is 210 Å². The first-order valence-corrected chi connectivity index (χ1v) is 21.8. The van der Waals surface area contributed by atoms with E-state index >= 15 is 0 Å². The van der Waals surface area contributed by atoms with E-state index in [-0.39, 0.29) is 10.8 Å². The fourth-order valence-electron chi connectivity index (χ4n) is 11.8. The van der Waals surface area contributed by atoms with Crippen molar-refractivity contribution in [2.45, 2.75) is 62.2 Å². The second kappa shape index (κ2) is 13.6. The first-order valence-electron chi connectivity index (χ1n) is 21.8. The van der Waals surface area contributed by atoms with Crippen molar-refractivity contribution < 1.29 is 0 Å². The minimum Gasteiger partial charge on any atom is -0.310 e. The Hall–Kier alpha value is -6.44. The van der Waals surface area contributed by atoms with Crippen LogP contribution in [0.1, 0.15) is 73.6 Å². The standard InChI is InChI=1S/C58H47N/c1-2-14-40(15-3-1)41-24-28-46(29-25-41)59(47-18-12-16-42(36-47)44-26-30-51-49-20-4-6-22-53(49)57(55(51)38-44)32-8-9-33-57)48-19-13-17-43(37-48)45-27-31-52-50-21-5-7-23-54(50)58(56(52)39-45)34-10-11-35-58/h1-7,12-31,36-39H,8-11,32-35H2. The highest BCUT2D eigenvalue weighted by atomic mass is 15.1. The Labute approximate surface area is 348 Å². The van der Waals surface area contributed by atoms with Crippen LogP contribution in [0.4, 0.5) is 17.1 Å². The highest BCUT2D eigenvalue weighted by Gasteiger charge is 2.46. The van der Waals surface area contributed by atoms with Gasteiger partial charge in [-0.15, -0.1) is 0 Å². The van der Waals surface area contributed by atoms with E-state index in [0.29, 0.717) is 0 Å². The van der Waals surface area contributed by atoms with Gasteiger partial charge in [0.1, 0.15) is 0 Å². The summed E-state index contributed by atoms with van der Waals surface area (Å²) in [7, 11) is 0. The Morgan fingerprint density at radius 1 is 0.271 bits per heavy atom. The van der Waals surface area contributed by atoms with Crippen molar-refractivity contribution in [1.29, 1.82) is 0 Å². The molecule has 1 nitrogen and oxygen atoms in total. The van der Waals surface area contributed by atoms with Gasteiger partial charge in [-0.05, 0) is 152 Å². The normalized spacial score (nSPS) is 16.2. The molecule has 0 N–H and O–H groups in total. The lowest BCUT2D eigenvalue weighted by atomic mass is 9.76. The van der Waals surface area contributed by atoms with Gasteiger partial charge in [0.15, 0.2) is 0 Å². The fraction of sp³-hybridized carbons (Fsp3) is 0.172. The largest absolute Gasteiger partial charge is 0.310 e. The summed E-state index contributed by atoms with van der Waals surface area (Å²) in [5, 5.41) is 0. The molecule has 0 atom stereocenters. The Morgan fingerprint density at radius 2 is 0.661 bits per heavy atom. The zero-order chi connectivity index (χ0) is 39.0. The van der Waals surface area contributed by atoms with Crippen molar-refractivity contribution in [1.82, 2.24) is 0 Å².